The Balaban J connectivity index is 2.00. The highest BCUT2D eigenvalue weighted by Crippen LogP contribution is 2.20. The fraction of sp³-hybridized carbons (Fsp3) is 0.429. The molecule has 0 amide bonds. The van der Waals surface area contributed by atoms with Crippen molar-refractivity contribution >= 4 is 5.69 Å². The van der Waals surface area contributed by atoms with E-state index in [1.54, 1.807) is 0 Å². The Morgan fingerprint density at radius 1 is 1.13 bits per heavy atom. The molecule has 1 heteroatoms. The van der Waals surface area contributed by atoms with Crippen molar-refractivity contribution in [3.8, 4) is 12.3 Å². The number of terminal acetylenes is 1. The minimum atomic E-state index is 0.836. The van der Waals surface area contributed by atoms with Crippen molar-refractivity contribution in [2.75, 3.05) is 18.0 Å². The molecular formula is C14H17N. The summed E-state index contributed by atoms with van der Waals surface area (Å²) in [5.74, 6) is 2.68. The van der Waals surface area contributed by atoms with E-state index >= 15 is 0 Å². The van der Waals surface area contributed by atoms with Crippen LogP contribution in [-0.4, -0.2) is 13.1 Å². The Bertz CT molecular complexity index is 339. The summed E-state index contributed by atoms with van der Waals surface area (Å²) in [6.07, 6.45) is 9.75. The van der Waals surface area contributed by atoms with E-state index in [-0.39, 0.29) is 0 Å². The highest BCUT2D eigenvalue weighted by atomic mass is 15.1. The van der Waals surface area contributed by atoms with Gasteiger partial charge in [-0.1, -0.05) is 12.1 Å². The quantitative estimate of drug-likeness (QED) is 0.677. The second-order valence-electron chi connectivity index (χ2n) is 4.06. The molecule has 1 fully saturated rings. The Kier molecular flexibility index (Phi) is 3.29. The van der Waals surface area contributed by atoms with Gasteiger partial charge in [0.25, 0.3) is 0 Å². The predicted octanol–water partition coefficient (Wildman–Crippen LogP) is 2.85. The third kappa shape index (κ3) is 2.53. The smallest absolute Gasteiger partial charge is 0.0366 e. The molecule has 0 aromatic heterocycles. The van der Waals surface area contributed by atoms with Crippen LogP contribution in [-0.2, 0) is 6.42 Å². The number of aryl methyl sites for hydroxylation is 1. The number of rotatable bonds is 3. The molecule has 1 aliphatic heterocycles. The number of benzene rings is 1. The van der Waals surface area contributed by atoms with E-state index in [2.05, 4.69) is 35.1 Å². The van der Waals surface area contributed by atoms with Crippen molar-refractivity contribution in [3.05, 3.63) is 29.8 Å². The number of hydrogen-bond donors (Lipinski definition) is 0. The monoisotopic (exact) mass is 199 g/mol. The molecular weight excluding hydrogens is 182 g/mol. The second-order valence-corrected chi connectivity index (χ2v) is 4.06. The fourth-order valence-electron chi connectivity index (χ4n) is 2.07. The van der Waals surface area contributed by atoms with Crippen molar-refractivity contribution in [1.29, 1.82) is 0 Å². The third-order valence-electron chi connectivity index (χ3n) is 2.97. The lowest BCUT2D eigenvalue weighted by Gasteiger charge is -2.17. The van der Waals surface area contributed by atoms with E-state index in [4.69, 9.17) is 6.42 Å². The summed E-state index contributed by atoms with van der Waals surface area (Å²) < 4.78 is 0. The van der Waals surface area contributed by atoms with Gasteiger partial charge in [-0.15, -0.1) is 12.3 Å². The maximum Gasteiger partial charge on any atom is 0.0366 e. The molecule has 0 N–H and O–H groups in total. The molecule has 78 valence electrons. The van der Waals surface area contributed by atoms with Crippen LogP contribution in [0.25, 0.3) is 0 Å². The minimum Gasteiger partial charge on any atom is -0.372 e. The molecule has 0 bridgehead atoms. The van der Waals surface area contributed by atoms with Gasteiger partial charge in [-0.25, -0.2) is 0 Å². The highest BCUT2D eigenvalue weighted by Gasteiger charge is 2.11. The Labute approximate surface area is 92.1 Å². The molecule has 1 aromatic carbocycles. The lowest BCUT2D eigenvalue weighted by atomic mass is 10.1. The van der Waals surface area contributed by atoms with Gasteiger partial charge in [-0.05, 0) is 37.0 Å². The van der Waals surface area contributed by atoms with Crippen LogP contribution in [0.5, 0.6) is 0 Å². The molecule has 0 saturated carbocycles. The topological polar surface area (TPSA) is 3.24 Å². The van der Waals surface area contributed by atoms with Crippen molar-refractivity contribution in [1.82, 2.24) is 0 Å². The normalized spacial score (nSPS) is 15.3. The van der Waals surface area contributed by atoms with Crippen LogP contribution >= 0.6 is 0 Å². The van der Waals surface area contributed by atoms with Gasteiger partial charge < -0.3 is 4.90 Å². The standard InChI is InChI=1S/C14H17N/c1-2-3-6-13-7-9-14(10-8-13)15-11-4-5-12-15/h1,7-10H,3-6,11-12H2. The first kappa shape index (κ1) is 10.1. The van der Waals surface area contributed by atoms with Gasteiger partial charge in [0.15, 0.2) is 0 Å². The van der Waals surface area contributed by atoms with E-state index in [9.17, 15) is 0 Å². The van der Waals surface area contributed by atoms with Crippen molar-refractivity contribution in [3.63, 3.8) is 0 Å². The van der Waals surface area contributed by atoms with Crippen molar-refractivity contribution < 1.29 is 0 Å². The van der Waals surface area contributed by atoms with Crippen LogP contribution in [0.4, 0.5) is 5.69 Å². The molecule has 1 aliphatic rings. The maximum atomic E-state index is 5.25. The molecule has 0 aliphatic carbocycles. The average Bonchev–Trinajstić information content (AvgIpc) is 2.80. The molecule has 1 aromatic rings. The van der Waals surface area contributed by atoms with Gasteiger partial charge in [0.1, 0.15) is 0 Å². The largest absolute Gasteiger partial charge is 0.372 e. The Morgan fingerprint density at radius 2 is 1.80 bits per heavy atom. The summed E-state index contributed by atoms with van der Waals surface area (Å²) in [6, 6.07) is 8.84. The van der Waals surface area contributed by atoms with E-state index in [0.29, 0.717) is 0 Å². The molecule has 0 atom stereocenters. The zero-order valence-corrected chi connectivity index (χ0v) is 9.08. The molecule has 2 rings (SSSR count). The van der Waals surface area contributed by atoms with Gasteiger partial charge in [0, 0.05) is 25.2 Å². The van der Waals surface area contributed by atoms with Crippen LogP contribution in [0.15, 0.2) is 24.3 Å². The van der Waals surface area contributed by atoms with Crippen molar-refractivity contribution in [2.45, 2.75) is 25.7 Å². The van der Waals surface area contributed by atoms with Crippen LogP contribution in [0.2, 0.25) is 0 Å². The lowest BCUT2D eigenvalue weighted by molar-refractivity contribution is 0.949. The number of hydrogen-bond acceptors (Lipinski definition) is 1. The molecule has 1 nitrogen and oxygen atoms in total. The average molecular weight is 199 g/mol. The van der Waals surface area contributed by atoms with Crippen LogP contribution in [0, 0.1) is 12.3 Å². The molecule has 1 saturated heterocycles. The SMILES string of the molecule is C#CCCc1ccc(N2CCCC2)cc1. The summed E-state index contributed by atoms with van der Waals surface area (Å²) in [4.78, 5) is 2.45. The first-order chi connectivity index (χ1) is 7.40. The first-order valence-electron chi connectivity index (χ1n) is 5.67. The van der Waals surface area contributed by atoms with Crippen LogP contribution < -0.4 is 4.90 Å². The van der Waals surface area contributed by atoms with Gasteiger partial charge >= 0.3 is 0 Å². The first-order valence-corrected chi connectivity index (χ1v) is 5.67. The molecule has 0 spiro atoms. The van der Waals surface area contributed by atoms with Gasteiger partial charge in [0.2, 0.25) is 0 Å². The minimum absolute atomic E-state index is 0.836. The third-order valence-corrected chi connectivity index (χ3v) is 2.97. The summed E-state index contributed by atoms with van der Waals surface area (Å²) in [6.45, 7) is 2.42. The fourth-order valence-corrected chi connectivity index (χ4v) is 2.07. The molecule has 15 heavy (non-hydrogen) atoms. The van der Waals surface area contributed by atoms with E-state index in [0.717, 1.165) is 12.8 Å². The highest BCUT2D eigenvalue weighted by molar-refractivity contribution is 5.48. The lowest BCUT2D eigenvalue weighted by Crippen LogP contribution is -2.17. The second kappa shape index (κ2) is 4.89. The zero-order chi connectivity index (χ0) is 10.5. The van der Waals surface area contributed by atoms with Crippen molar-refractivity contribution in [2.24, 2.45) is 0 Å². The Hall–Kier alpha value is -1.42. The summed E-state index contributed by atoms with van der Waals surface area (Å²) in [7, 11) is 0. The predicted molar refractivity (Wildman–Crippen MR) is 65.0 cm³/mol. The van der Waals surface area contributed by atoms with E-state index in [1.807, 2.05) is 0 Å². The molecule has 0 radical (unpaired) electrons. The zero-order valence-electron chi connectivity index (χ0n) is 9.08. The van der Waals surface area contributed by atoms with E-state index < -0.39 is 0 Å². The summed E-state index contributed by atoms with van der Waals surface area (Å²) in [5.41, 5.74) is 2.70. The van der Waals surface area contributed by atoms with Gasteiger partial charge in [-0.3, -0.25) is 0 Å². The number of nitrogens with zero attached hydrogens (tertiary/aromatic N) is 1. The van der Waals surface area contributed by atoms with Gasteiger partial charge in [-0.2, -0.15) is 0 Å². The van der Waals surface area contributed by atoms with E-state index in [1.165, 1.54) is 37.2 Å². The summed E-state index contributed by atoms with van der Waals surface area (Å²) >= 11 is 0. The van der Waals surface area contributed by atoms with Crippen LogP contribution in [0.3, 0.4) is 0 Å². The Morgan fingerprint density at radius 3 is 2.40 bits per heavy atom. The summed E-state index contributed by atoms with van der Waals surface area (Å²) in [5, 5.41) is 0. The number of anilines is 1. The van der Waals surface area contributed by atoms with Gasteiger partial charge in [0.05, 0.1) is 0 Å². The molecule has 1 heterocycles. The maximum absolute atomic E-state index is 5.25. The van der Waals surface area contributed by atoms with Crippen LogP contribution in [0.1, 0.15) is 24.8 Å². The molecule has 0 unspecified atom stereocenters.